The van der Waals surface area contributed by atoms with Gasteiger partial charge in [-0.25, -0.2) is 17.9 Å². The Kier molecular flexibility index (Phi) is 6.23. The first-order valence-corrected chi connectivity index (χ1v) is 11.0. The zero-order valence-electron chi connectivity index (χ0n) is 14.8. The number of hydrogen-bond acceptors (Lipinski definition) is 4. The van der Waals surface area contributed by atoms with Gasteiger partial charge >= 0.3 is 0 Å². The van der Waals surface area contributed by atoms with Crippen LogP contribution in [0.3, 0.4) is 0 Å². The molecule has 0 aliphatic rings. The van der Waals surface area contributed by atoms with Crippen molar-refractivity contribution in [2.75, 3.05) is 0 Å². The second-order valence-corrected chi connectivity index (χ2v) is 8.80. The molecule has 1 amide bonds. The molecule has 0 radical (unpaired) electrons. The number of benzene rings is 2. The van der Waals surface area contributed by atoms with Gasteiger partial charge in [-0.05, 0) is 53.3 Å². The topological polar surface area (TPSA) is 89.3 Å². The van der Waals surface area contributed by atoms with Crippen LogP contribution in [0.5, 0.6) is 0 Å². The molecule has 1 heterocycles. The molecule has 28 heavy (non-hydrogen) atoms. The molecule has 3 aromatic rings. The Morgan fingerprint density at radius 3 is 2.32 bits per heavy atom. The van der Waals surface area contributed by atoms with Crippen molar-refractivity contribution in [3.05, 3.63) is 87.9 Å². The van der Waals surface area contributed by atoms with E-state index in [2.05, 4.69) is 5.32 Å². The summed E-state index contributed by atoms with van der Waals surface area (Å²) in [5.41, 5.74) is 1.63. The van der Waals surface area contributed by atoms with E-state index in [0.717, 1.165) is 16.0 Å². The molecule has 5 nitrogen and oxygen atoms in total. The fourth-order valence-electron chi connectivity index (χ4n) is 2.77. The van der Waals surface area contributed by atoms with Crippen LogP contribution in [0, 0.1) is 5.82 Å². The van der Waals surface area contributed by atoms with Gasteiger partial charge in [-0.15, -0.1) is 11.3 Å². The number of primary sulfonamides is 1. The van der Waals surface area contributed by atoms with Crippen LogP contribution in [0.2, 0.25) is 0 Å². The number of nitrogens with one attached hydrogen (secondary N) is 1. The highest BCUT2D eigenvalue weighted by atomic mass is 32.2. The van der Waals surface area contributed by atoms with Crippen molar-refractivity contribution in [3.63, 3.8) is 0 Å². The third kappa shape index (κ3) is 5.25. The Labute approximate surface area is 167 Å². The largest absolute Gasteiger partial charge is 0.344 e. The summed E-state index contributed by atoms with van der Waals surface area (Å²) in [6.45, 7) is 0. The summed E-state index contributed by atoms with van der Waals surface area (Å²) in [4.78, 5) is 13.5. The quantitative estimate of drug-likeness (QED) is 0.616. The number of aryl methyl sites for hydroxylation is 1. The SMILES string of the molecule is NS(=O)(=O)c1ccc(CCC(=O)N[C@H](c2ccc(F)cc2)c2cccs2)cc1. The van der Waals surface area contributed by atoms with E-state index < -0.39 is 10.0 Å². The molecular formula is C20H19FN2O3S2. The molecular weight excluding hydrogens is 399 g/mol. The van der Waals surface area contributed by atoms with Gasteiger partial charge in [0.1, 0.15) is 5.82 Å². The molecule has 146 valence electrons. The third-order valence-corrected chi connectivity index (χ3v) is 6.10. The van der Waals surface area contributed by atoms with Gasteiger partial charge in [0, 0.05) is 11.3 Å². The second kappa shape index (κ2) is 8.64. The molecule has 0 saturated carbocycles. The lowest BCUT2D eigenvalue weighted by molar-refractivity contribution is -0.121. The number of carbonyl (C=O) groups is 1. The third-order valence-electron chi connectivity index (χ3n) is 4.23. The minimum Gasteiger partial charge on any atom is -0.344 e. The summed E-state index contributed by atoms with van der Waals surface area (Å²) in [7, 11) is -3.73. The highest BCUT2D eigenvalue weighted by Crippen LogP contribution is 2.26. The molecule has 3 N–H and O–H groups in total. The van der Waals surface area contributed by atoms with Gasteiger partial charge in [0.15, 0.2) is 0 Å². The predicted molar refractivity (Wildman–Crippen MR) is 107 cm³/mol. The summed E-state index contributed by atoms with van der Waals surface area (Å²) in [5.74, 6) is -0.485. The van der Waals surface area contributed by atoms with E-state index in [1.807, 2.05) is 17.5 Å². The van der Waals surface area contributed by atoms with Gasteiger partial charge in [0.05, 0.1) is 10.9 Å². The van der Waals surface area contributed by atoms with Crippen molar-refractivity contribution in [3.8, 4) is 0 Å². The zero-order valence-corrected chi connectivity index (χ0v) is 16.5. The molecule has 0 spiro atoms. The maximum absolute atomic E-state index is 13.2. The number of sulfonamides is 1. The van der Waals surface area contributed by atoms with Gasteiger partial charge in [0.2, 0.25) is 15.9 Å². The standard InChI is InChI=1S/C20H19FN2O3S2/c21-16-8-6-15(7-9-16)20(18-2-1-13-27-18)23-19(24)12-5-14-3-10-17(11-4-14)28(22,25)26/h1-4,6-11,13,20H,5,12H2,(H,23,24)(H2,22,25,26)/t20-/m1/s1. The minimum atomic E-state index is -3.73. The Balaban J connectivity index is 1.66. The van der Waals surface area contributed by atoms with Crippen molar-refractivity contribution < 1.29 is 17.6 Å². The van der Waals surface area contributed by atoms with Crippen LogP contribution < -0.4 is 10.5 Å². The van der Waals surface area contributed by atoms with E-state index in [1.54, 1.807) is 24.3 Å². The predicted octanol–water partition coefficient (Wildman–Crippen LogP) is 3.37. The van der Waals surface area contributed by atoms with Crippen LogP contribution in [-0.4, -0.2) is 14.3 Å². The first-order valence-electron chi connectivity index (χ1n) is 8.53. The number of carbonyl (C=O) groups excluding carboxylic acids is 1. The average Bonchev–Trinajstić information content (AvgIpc) is 3.19. The van der Waals surface area contributed by atoms with Crippen molar-refractivity contribution in [1.82, 2.24) is 5.32 Å². The van der Waals surface area contributed by atoms with E-state index in [1.165, 1.54) is 35.6 Å². The van der Waals surface area contributed by atoms with Gasteiger partial charge in [-0.1, -0.05) is 30.3 Å². The Bertz CT molecular complexity index is 1030. The number of halogens is 1. The maximum atomic E-state index is 13.2. The summed E-state index contributed by atoms with van der Waals surface area (Å²) in [5, 5.41) is 10.00. The van der Waals surface area contributed by atoms with E-state index in [0.29, 0.717) is 6.42 Å². The summed E-state index contributed by atoms with van der Waals surface area (Å²) < 4.78 is 35.8. The second-order valence-electron chi connectivity index (χ2n) is 6.26. The van der Waals surface area contributed by atoms with Crippen LogP contribution in [0.25, 0.3) is 0 Å². The van der Waals surface area contributed by atoms with Gasteiger partial charge < -0.3 is 5.32 Å². The Morgan fingerprint density at radius 2 is 1.75 bits per heavy atom. The highest BCUT2D eigenvalue weighted by molar-refractivity contribution is 7.89. The molecule has 0 bridgehead atoms. The van der Waals surface area contributed by atoms with Crippen LogP contribution in [0.1, 0.15) is 28.5 Å². The van der Waals surface area contributed by atoms with E-state index in [9.17, 15) is 17.6 Å². The summed E-state index contributed by atoms with van der Waals surface area (Å²) >= 11 is 1.51. The van der Waals surface area contributed by atoms with Crippen molar-refractivity contribution in [2.45, 2.75) is 23.8 Å². The molecule has 0 unspecified atom stereocenters. The normalized spacial score (nSPS) is 12.5. The smallest absolute Gasteiger partial charge is 0.238 e. The molecule has 0 saturated heterocycles. The van der Waals surface area contributed by atoms with E-state index in [4.69, 9.17) is 5.14 Å². The first kappa shape index (κ1) is 20.2. The van der Waals surface area contributed by atoms with Crippen molar-refractivity contribution >= 4 is 27.3 Å². The molecule has 3 rings (SSSR count). The molecule has 0 aliphatic heterocycles. The van der Waals surface area contributed by atoms with Gasteiger partial charge in [-0.3, -0.25) is 4.79 Å². The van der Waals surface area contributed by atoms with Crippen LogP contribution in [0.4, 0.5) is 4.39 Å². The fraction of sp³-hybridized carbons (Fsp3) is 0.150. The summed E-state index contributed by atoms with van der Waals surface area (Å²) in [6.07, 6.45) is 0.690. The maximum Gasteiger partial charge on any atom is 0.238 e. The number of rotatable bonds is 7. The Morgan fingerprint density at radius 1 is 1.07 bits per heavy atom. The van der Waals surface area contributed by atoms with Crippen LogP contribution >= 0.6 is 11.3 Å². The average molecular weight is 419 g/mol. The molecule has 1 atom stereocenters. The molecule has 1 aromatic heterocycles. The lowest BCUT2D eigenvalue weighted by Crippen LogP contribution is -2.29. The number of amides is 1. The number of hydrogen-bond donors (Lipinski definition) is 2. The van der Waals surface area contributed by atoms with Gasteiger partial charge in [-0.2, -0.15) is 0 Å². The van der Waals surface area contributed by atoms with Gasteiger partial charge in [0.25, 0.3) is 0 Å². The first-order chi connectivity index (χ1) is 13.3. The highest BCUT2D eigenvalue weighted by Gasteiger charge is 2.18. The molecule has 8 heteroatoms. The monoisotopic (exact) mass is 418 g/mol. The van der Waals surface area contributed by atoms with E-state index >= 15 is 0 Å². The lowest BCUT2D eigenvalue weighted by Gasteiger charge is -2.18. The van der Waals surface area contributed by atoms with Crippen LogP contribution in [-0.2, 0) is 21.2 Å². The zero-order chi connectivity index (χ0) is 20.1. The van der Waals surface area contributed by atoms with Crippen molar-refractivity contribution in [1.29, 1.82) is 0 Å². The van der Waals surface area contributed by atoms with Crippen LogP contribution in [0.15, 0.2) is 70.9 Å². The van der Waals surface area contributed by atoms with Crippen molar-refractivity contribution in [2.24, 2.45) is 5.14 Å². The fourth-order valence-corrected chi connectivity index (χ4v) is 4.08. The van der Waals surface area contributed by atoms with E-state index in [-0.39, 0.29) is 29.1 Å². The number of thiophene rings is 1. The summed E-state index contributed by atoms with van der Waals surface area (Å²) in [6, 6.07) is 15.7. The molecule has 0 fully saturated rings. The molecule has 2 aromatic carbocycles. The Hall–Kier alpha value is -2.55. The molecule has 0 aliphatic carbocycles. The number of nitrogens with two attached hydrogens (primary N) is 1. The lowest BCUT2D eigenvalue weighted by atomic mass is 10.0. The minimum absolute atomic E-state index is 0.0368.